The van der Waals surface area contributed by atoms with Crippen LogP contribution in [-0.4, -0.2) is 41.2 Å². The van der Waals surface area contributed by atoms with Crippen LogP contribution in [0, 0.1) is 0 Å². The summed E-state index contributed by atoms with van der Waals surface area (Å²) in [5.74, 6) is 0.767. The average Bonchev–Trinajstić information content (AvgIpc) is 2.94. The minimum Gasteiger partial charge on any atom is -0.375 e. The second kappa shape index (κ2) is 3.36. The third-order valence-corrected chi connectivity index (χ3v) is 4.00. The minimum atomic E-state index is 0.169. The summed E-state index contributed by atoms with van der Waals surface area (Å²) >= 11 is 0. The number of hydrogen-bond donors (Lipinski definition) is 1. The van der Waals surface area contributed by atoms with Crippen LogP contribution < -0.4 is 5.73 Å². The quantitative estimate of drug-likeness (QED) is 0.724. The van der Waals surface area contributed by atoms with Gasteiger partial charge in [-0.05, 0) is 39.5 Å². The topological polar surface area (TPSA) is 50.8 Å². The van der Waals surface area contributed by atoms with Gasteiger partial charge < -0.3 is 15.4 Å². The average molecular weight is 223 g/mol. The first-order valence-corrected chi connectivity index (χ1v) is 6.35. The number of nitrogens with two attached hydrogens (primary N) is 1. The van der Waals surface area contributed by atoms with Crippen molar-refractivity contribution in [2.24, 2.45) is 10.7 Å². The molecule has 2 aliphatic heterocycles. The van der Waals surface area contributed by atoms with Gasteiger partial charge in [-0.2, -0.15) is 0 Å². The Kier molecular flexibility index (Phi) is 2.18. The summed E-state index contributed by atoms with van der Waals surface area (Å²) in [5.41, 5.74) is 6.22. The first-order valence-electron chi connectivity index (χ1n) is 6.35. The highest BCUT2D eigenvalue weighted by Crippen LogP contribution is 2.43. The lowest BCUT2D eigenvalue weighted by molar-refractivity contribution is -0.0854. The second-order valence-electron chi connectivity index (χ2n) is 5.67. The summed E-state index contributed by atoms with van der Waals surface area (Å²) in [6, 6.07) is 0.656. The number of aliphatic imine (C=N–C) groups is 1. The molecule has 1 spiro atoms. The van der Waals surface area contributed by atoms with E-state index in [1.807, 2.05) is 0 Å². The van der Waals surface area contributed by atoms with Crippen molar-refractivity contribution in [1.29, 1.82) is 0 Å². The Morgan fingerprint density at radius 1 is 1.31 bits per heavy atom. The first-order chi connectivity index (χ1) is 7.61. The lowest BCUT2D eigenvalue weighted by atomic mass is 9.83. The third-order valence-electron chi connectivity index (χ3n) is 4.00. The van der Waals surface area contributed by atoms with E-state index < -0.39 is 0 Å². The normalized spacial score (nSPS) is 43.9. The predicted octanol–water partition coefficient (Wildman–Crippen LogP) is 1.11. The standard InChI is InChI=1S/C12H21N3O/c1-8-5-12(6-9(2)16-8)7-14-11(13)15(12)10-3-4-10/h8-10H,3-7H2,1-2H3,(H2,13,14). The van der Waals surface area contributed by atoms with Gasteiger partial charge in [0, 0.05) is 6.04 Å². The molecule has 4 heteroatoms. The summed E-state index contributed by atoms with van der Waals surface area (Å²) < 4.78 is 5.84. The van der Waals surface area contributed by atoms with Crippen molar-refractivity contribution in [1.82, 2.24) is 4.90 Å². The molecule has 4 nitrogen and oxygen atoms in total. The lowest BCUT2D eigenvalue weighted by Gasteiger charge is -2.46. The molecule has 1 saturated heterocycles. The van der Waals surface area contributed by atoms with Crippen molar-refractivity contribution in [3.8, 4) is 0 Å². The van der Waals surface area contributed by atoms with E-state index in [1.165, 1.54) is 12.8 Å². The largest absolute Gasteiger partial charge is 0.375 e. The van der Waals surface area contributed by atoms with Crippen molar-refractivity contribution in [2.45, 2.75) is 63.3 Å². The van der Waals surface area contributed by atoms with E-state index in [-0.39, 0.29) is 5.54 Å². The zero-order valence-corrected chi connectivity index (χ0v) is 10.1. The molecular weight excluding hydrogens is 202 g/mol. The molecule has 0 bridgehead atoms. The van der Waals surface area contributed by atoms with Gasteiger partial charge in [0.05, 0.1) is 24.3 Å². The van der Waals surface area contributed by atoms with Crippen LogP contribution in [0.5, 0.6) is 0 Å². The van der Waals surface area contributed by atoms with Gasteiger partial charge in [0.15, 0.2) is 5.96 Å². The zero-order valence-electron chi connectivity index (χ0n) is 10.1. The molecule has 0 amide bonds. The third kappa shape index (κ3) is 1.51. The highest BCUT2D eigenvalue weighted by atomic mass is 16.5. The van der Waals surface area contributed by atoms with Crippen LogP contribution in [0.25, 0.3) is 0 Å². The summed E-state index contributed by atoms with van der Waals surface area (Å²) in [6.45, 7) is 5.20. The van der Waals surface area contributed by atoms with E-state index in [2.05, 4.69) is 23.7 Å². The molecule has 1 saturated carbocycles. The molecule has 0 radical (unpaired) electrons. The van der Waals surface area contributed by atoms with Crippen molar-refractivity contribution in [2.75, 3.05) is 6.54 Å². The molecule has 3 aliphatic rings. The fourth-order valence-electron chi connectivity index (χ4n) is 3.50. The SMILES string of the molecule is CC1CC2(CN=C(N)N2C2CC2)CC(C)O1. The fraction of sp³-hybridized carbons (Fsp3) is 0.917. The van der Waals surface area contributed by atoms with E-state index in [1.54, 1.807) is 0 Å². The number of hydrogen-bond acceptors (Lipinski definition) is 4. The molecule has 90 valence electrons. The number of rotatable bonds is 1. The van der Waals surface area contributed by atoms with Crippen LogP contribution in [-0.2, 0) is 4.74 Å². The van der Waals surface area contributed by atoms with E-state index in [4.69, 9.17) is 10.5 Å². The van der Waals surface area contributed by atoms with Crippen molar-refractivity contribution < 1.29 is 4.74 Å². The molecule has 0 aromatic heterocycles. The molecule has 2 atom stereocenters. The van der Waals surface area contributed by atoms with Gasteiger partial charge in [0.2, 0.25) is 0 Å². The van der Waals surface area contributed by atoms with Crippen LogP contribution in [0.4, 0.5) is 0 Å². The summed E-state index contributed by atoms with van der Waals surface area (Å²) in [5, 5.41) is 0. The maximum atomic E-state index is 6.05. The molecule has 2 N–H and O–H groups in total. The maximum absolute atomic E-state index is 6.05. The molecule has 2 heterocycles. The Morgan fingerprint density at radius 2 is 1.94 bits per heavy atom. The number of ether oxygens (including phenoxy) is 1. The molecule has 3 rings (SSSR count). The van der Waals surface area contributed by atoms with E-state index in [0.29, 0.717) is 18.2 Å². The second-order valence-corrected chi connectivity index (χ2v) is 5.67. The van der Waals surface area contributed by atoms with E-state index in [9.17, 15) is 0 Å². The van der Waals surface area contributed by atoms with Gasteiger partial charge in [-0.3, -0.25) is 4.99 Å². The highest BCUT2D eigenvalue weighted by molar-refractivity contribution is 5.81. The Hall–Kier alpha value is -0.770. The predicted molar refractivity (Wildman–Crippen MR) is 63.3 cm³/mol. The molecule has 1 aliphatic carbocycles. The summed E-state index contributed by atoms with van der Waals surface area (Å²) in [7, 11) is 0. The Morgan fingerprint density at radius 3 is 2.50 bits per heavy atom. The van der Waals surface area contributed by atoms with Crippen LogP contribution in [0.2, 0.25) is 0 Å². The highest BCUT2D eigenvalue weighted by Gasteiger charge is 2.51. The van der Waals surface area contributed by atoms with E-state index >= 15 is 0 Å². The van der Waals surface area contributed by atoms with Crippen molar-refractivity contribution >= 4 is 5.96 Å². The Bertz CT molecular complexity index is 314. The number of nitrogens with zero attached hydrogens (tertiary/aromatic N) is 2. The van der Waals surface area contributed by atoms with Gasteiger partial charge >= 0.3 is 0 Å². The Balaban J connectivity index is 1.86. The van der Waals surface area contributed by atoms with Crippen LogP contribution in [0.15, 0.2) is 4.99 Å². The molecular formula is C12H21N3O. The monoisotopic (exact) mass is 223 g/mol. The first kappa shape index (κ1) is 10.4. The zero-order chi connectivity index (χ0) is 11.3. The molecule has 2 unspecified atom stereocenters. The number of guanidine groups is 1. The van der Waals surface area contributed by atoms with Gasteiger partial charge in [0.1, 0.15) is 0 Å². The van der Waals surface area contributed by atoms with Gasteiger partial charge in [-0.25, -0.2) is 0 Å². The molecule has 0 aromatic rings. The fourth-order valence-corrected chi connectivity index (χ4v) is 3.50. The molecule has 16 heavy (non-hydrogen) atoms. The van der Waals surface area contributed by atoms with Crippen LogP contribution in [0.1, 0.15) is 39.5 Å². The summed E-state index contributed by atoms with van der Waals surface area (Å²) in [4.78, 5) is 6.89. The molecule has 0 aromatic carbocycles. The van der Waals surface area contributed by atoms with Crippen LogP contribution >= 0.6 is 0 Å². The van der Waals surface area contributed by atoms with Crippen molar-refractivity contribution in [3.63, 3.8) is 0 Å². The van der Waals surface area contributed by atoms with E-state index in [0.717, 1.165) is 25.3 Å². The smallest absolute Gasteiger partial charge is 0.192 e. The van der Waals surface area contributed by atoms with Crippen molar-refractivity contribution in [3.05, 3.63) is 0 Å². The minimum absolute atomic E-state index is 0.169. The van der Waals surface area contributed by atoms with Crippen LogP contribution in [0.3, 0.4) is 0 Å². The summed E-state index contributed by atoms with van der Waals surface area (Å²) in [6.07, 6.45) is 5.34. The molecule has 2 fully saturated rings. The lowest BCUT2D eigenvalue weighted by Crippen LogP contribution is -2.58. The Labute approximate surface area is 96.8 Å². The van der Waals surface area contributed by atoms with Gasteiger partial charge in [-0.15, -0.1) is 0 Å². The van der Waals surface area contributed by atoms with Gasteiger partial charge in [0.25, 0.3) is 0 Å². The maximum Gasteiger partial charge on any atom is 0.192 e. The van der Waals surface area contributed by atoms with Gasteiger partial charge in [-0.1, -0.05) is 0 Å².